The molecule has 1 aromatic carbocycles. The number of carbonyl (C=O) groups is 4. The van der Waals surface area contributed by atoms with E-state index in [0.29, 0.717) is 17.7 Å². The van der Waals surface area contributed by atoms with Crippen molar-refractivity contribution in [3.8, 4) is 0 Å². The summed E-state index contributed by atoms with van der Waals surface area (Å²) in [6.07, 6.45) is 5.91. The number of hydrogen-bond acceptors (Lipinski definition) is 5. The SMILES string of the molecule is CN(C)C(=O)CC[C@@H](C=O)NC(=O)C(CC1(C)CCCCC1)NC(=O)OCc1cccc(Cl)c1. The summed E-state index contributed by atoms with van der Waals surface area (Å²) in [6.45, 7) is 2.14. The van der Waals surface area contributed by atoms with Crippen LogP contribution in [0.2, 0.25) is 5.02 Å². The molecular formula is C25H36ClN3O5. The van der Waals surface area contributed by atoms with E-state index in [0.717, 1.165) is 37.7 Å². The number of benzene rings is 1. The molecule has 8 nitrogen and oxygen atoms in total. The quantitative estimate of drug-likeness (QED) is 0.455. The number of alkyl carbamates (subject to hydrolysis) is 1. The molecule has 0 aromatic heterocycles. The Balaban J connectivity index is 2.03. The van der Waals surface area contributed by atoms with Gasteiger partial charge in [0, 0.05) is 25.5 Å². The number of ether oxygens (including phenoxy) is 1. The molecule has 0 radical (unpaired) electrons. The lowest BCUT2D eigenvalue weighted by atomic mass is 9.71. The summed E-state index contributed by atoms with van der Waals surface area (Å²) in [6, 6.07) is 5.30. The first-order chi connectivity index (χ1) is 16.1. The van der Waals surface area contributed by atoms with Crippen LogP contribution >= 0.6 is 11.6 Å². The zero-order valence-electron chi connectivity index (χ0n) is 20.3. The number of halogens is 1. The maximum absolute atomic E-state index is 13.1. The lowest BCUT2D eigenvalue weighted by Crippen LogP contribution is -2.52. The van der Waals surface area contributed by atoms with Crippen LogP contribution in [0.25, 0.3) is 0 Å². The van der Waals surface area contributed by atoms with Crippen molar-refractivity contribution in [2.75, 3.05) is 14.1 Å². The van der Waals surface area contributed by atoms with Crippen LogP contribution in [0.5, 0.6) is 0 Å². The predicted molar refractivity (Wildman–Crippen MR) is 130 cm³/mol. The number of aldehydes is 1. The van der Waals surface area contributed by atoms with Gasteiger partial charge in [0.05, 0.1) is 6.04 Å². The van der Waals surface area contributed by atoms with E-state index in [1.807, 2.05) is 0 Å². The first kappa shape index (κ1) is 27.6. The van der Waals surface area contributed by atoms with E-state index < -0.39 is 24.1 Å². The normalized spacial score (nSPS) is 16.6. The highest BCUT2D eigenvalue weighted by atomic mass is 35.5. The van der Waals surface area contributed by atoms with Crippen LogP contribution in [0.3, 0.4) is 0 Å². The molecule has 1 aromatic rings. The van der Waals surface area contributed by atoms with E-state index in [1.165, 1.54) is 4.90 Å². The van der Waals surface area contributed by atoms with Crippen LogP contribution in [-0.2, 0) is 25.7 Å². The topological polar surface area (TPSA) is 105 Å². The van der Waals surface area contributed by atoms with Crippen molar-refractivity contribution in [3.63, 3.8) is 0 Å². The van der Waals surface area contributed by atoms with Crippen molar-refractivity contribution >= 4 is 35.8 Å². The number of carbonyl (C=O) groups excluding carboxylic acids is 4. The van der Waals surface area contributed by atoms with Crippen LogP contribution in [0.4, 0.5) is 4.79 Å². The Bertz CT molecular complexity index is 855. The summed E-state index contributed by atoms with van der Waals surface area (Å²) in [5.74, 6) is -0.587. The fraction of sp³-hybridized carbons (Fsp3) is 0.600. The van der Waals surface area contributed by atoms with Gasteiger partial charge in [-0.05, 0) is 48.8 Å². The average molecular weight is 494 g/mol. The molecule has 34 heavy (non-hydrogen) atoms. The zero-order chi connectivity index (χ0) is 25.1. The molecule has 2 atom stereocenters. The van der Waals surface area contributed by atoms with Gasteiger partial charge in [-0.3, -0.25) is 9.59 Å². The Kier molecular flexibility index (Phi) is 10.8. The molecule has 1 aliphatic carbocycles. The molecule has 3 amide bonds. The molecule has 0 heterocycles. The standard InChI is InChI=1S/C25H36ClN3O5/c1-25(12-5-4-6-13-25)15-21(23(32)27-20(16-30)10-11-22(31)29(2)3)28-24(33)34-17-18-8-7-9-19(26)14-18/h7-9,14,16,20-21H,4-6,10-13,15,17H2,1-3H3,(H,27,32)(H,28,33)/t20-,21?/m0/s1. The predicted octanol–water partition coefficient (Wildman–Crippen LogP) is 3.85. The fourth-order valence-corrected chi connectivity index (χ4v) is 4.44. The zero-order valence-corrected chi connectivity index (χ0v) is 21.0. The van der Waals surface area contributed by atoms with Crippen LogP contribution in [0, 0.1) is 5.41 Å². The summed E-state index contributed by atoms with van der Waals surface area (Å²) in [4.78, 5) is 50.5. The summed E-state index contributed by atoms with van der Waals surface area (Å²) < 4.78 is 5.31. The van der Waals surface area contributed by atoms with Crippen molar-refractivity contribution in [2.45, 2.75) is 77.0 Å². The molecule has 0 spiro atoms. The van der Waals surface area contributed by atoms with Crippen molar-refractivity contribution in [3.05, 3.63) is 34.9 Å². The Morgan fingerprint density at radius 1 is 1.18 bits per heavy atom. The second-order valence-electron chi connectivity index (χ2n) is 9.56. The third kappa shape index (κ3) is 9.33. The number of rotatable bonds is 11. The van der Waals surface area contributed by atoms with Gasteiger partial charge in [-0.2, -0.15) is 0 Å². The molecular weight excluding hydrogens is 458 g/mol. The van der Waals surface area contributed by atoms with Gasteiger partial charge >= 0.3 is 6.09 Å². The summed E-state index contributed by atoms with van der Waals surface area (Å²) >= 11 is 5.97. The number of hydrogen-bond donors (Lipinski definition) is 2. The minimum Gasteiger partial charge on any atom is -0.445 e. The van der Waals surface area contributed by atoms with Crippen molar-refractivity contribution in [1.29, 1.82) is 0 Å². The molecule has 1 unspecified atom stereocenters. The highest BCUT2D eigenvalue weighted by Crippen LogP contribution is 2.39. The van der Waals surface area contributed by atoms with Gasteiger partial charge in [-0.1, -0.05) is 49.9 Å². The molecule has 0 saturated heterocycles. The van der Waals surface area contributed by atoms with Crippen LogP contribution in [0.15, 0.2) is 24.3 Å². The minimum atomic E-state index is -0.859. The fourth-order valence-electron chi connectivity index (χ4n) is 4.23. The Morgan fingerprint density at radius 2 is 1.88 bits per heavy atom. The first-order valence-corrected chi connectivity index (χ1v) is 12.1. The first-order valence-electron chi connectivity index (χ1n) is 11.8. The molecule has 2 rings (SSSR count). The molecule has 0 bridgehead atoms. The second kappa shape index (κ2) is 13.3. The van der Waals surface area contributed by atoms with Crippen molar-refractivity contribution in [2.24, 2.45) is 5.41 Å². The summed E-state index contributed by atoms with van der Waals surface area (Å²) in [5.41, 5.74) is 0.632. The maximum Gasteiger partial charge on any atom is 0.408 e. The Labute approximate surface area is 206 Å². The number of nitrogens with one attached hydrogen (secondary N) is 2. The van der Waals surface area contributed by atoms with E-state index in [-0.39, 0.29) is 30.8 Å². The van der Waals surface area contributed by atoms with Crippen LogP contribution in [0.1, 0.15) is 63.9 Å². The van der Waals surface area contributed by atoms with E-state index in [4.69, 9.17) is 16.3 Å². The highest BCUT2D eigenvalue weighted by Gasteiger charge is 2.34. The van der Waals surface area contributed by atoms with E-state index in [2.05, 4.69) is 17.6 Å². The largest absolute Gasteiger partial charge is 0.445 e. The molecule has 1 fully saturated rings. The van der Waals surface area contributed by atoms with Crippen molar-refractivity contribution < 1.29 is 23.9 Å². The van der Waals surface area contributed by atoms with Gasteiger partial charge in [0.2, 0.25) is 11.8 Å². The molecule has 188 valence electrons. The van der Waals surface area contributed by atoms with Crippen LogP contribution in [-0.4, -0.2) is 55.3 Å². The van der Waals surface area contributed by atoms with Crippen LogP contribution < -0.4 is 10.6 Å². The lowest BCUT2D eigenvalue weighted by molar-refractivity contribution is -0.130. The summed E-state index contributed by atoms with van der Waals surface area (Å²) in [5, 5.41) is 5.92. The third-order valence-electron chi connectivity index (χ3n) is 6.29. The maximum atomic E-state index is 13.1. The summed E-state index contributed by atoms with van der Waals surface area (Å²) in [7, 11) is 3.27. The second-order valence-corrected chi connectivity index (χ2v) is 9.99. The number of amides is 3. The molecule has 9 heteroatoms. The van der Waals surface area contributed by atoms with E-state index >= 15 is 0 Å². The minimum absolute atomic E-state index is 0.0155. The van der Waals surface area contributed by atoms with Gasteiger partial charge in [0.25, 0.3) is 0 Å². The average Bonchev–Trinajstić information content (AvgIpc) is 2.80. The van der Waals surface area contributed by atoms with Gasteiger partial charge in [0.1, 0.15) is 18.9 Å². The van der Waals surface area contributed by atoms with E-state index in [1.54, 1.807) is 38.4 Å². The molecule has 2 N–H and O–H groups in total. The van der Waals surface area contributed by atoms with E-state index in [9.17, 15) is 19.2 Å². The number of nitrogens with zero attached hydrogens (tertiary/aromatic N) is 1. The Hall–Kier alpha value is -2.61. The van der Waals surface area contributed by atoms with Crippen molar-refractivity contribution in [1.82, 2.24) is 15.5 Å². The molecule has 1 aliphatic rings. The monoisotopic (exact) mass is 493 g/mol. The molecule has 0 aliphatic heterocycles. The van der Waals surface area contributed by atoms with Gasteiger partial charge in [0.15, 0.2) is 0 Å². The third-order valence-corrected chi connectivity index (χ3v) is 6.52. The van der Waals surface area contributed by atoms with Gasteiger partial charge in [-0.15, -0.1) is 0 Å². The smallest absolute Gasteiger partial charge is 0.408 e. The van der Waals surface area contributed by atoms with Gasteiger partial charge < -0.3 is 25.1 Å². The molecule has 1 saturated carbocycles. The lowest BCUT2D eigenvalue weighted by Gasteiger charge is -2.36. The van der Waals surface area contributed by atoms with Gasteiger partial charge in [-0.25, -0.2) is 4.79 Å². The Morgan fingerprint density at radius 3 is 2.50 bits per heavy atom. The highest BCUT2D eigenvalue weighted by molar-refractivity contribution is 6.30.